The van der Waals surface area contributed by atoms with Crippen molar-refractivity contribution in [1.82, 2.24) is 25.5 Å². The third-order valence-electron chi connectivity index (χ3n) is 3.56. The van der Waals surface area contributed by atoms with Gasteiger partial charge in [0.2, 0.25) is 11.1 Å². The Morgan fingerprint density at radius 3 is 2.83 bits per heavy atom. The average Bonchev–Trinajstić information content (AvgIpc) is 3.04. The third kappa shape index (κ3) is 2.85. The molecule has 0 aliphatic carbocycles. The Labute approximate surface area is 143 Å². The van der Waals surface area contributed by atoms with E-state index in [1.165, 1.54) is 11.8 Å². The predicted octanol–water partition coefficient (Wildman–Crippen LogP) is -1.28. The Kier molecular flexibility index (Phi) is 4.47. The molecule has 0 saturated carbocycles. The molecule has 2 aliphatic rings. The zero-order chi connectivity index (χ0) is 17.4. The predicted molar refractivity (Wildman–Crippen MR) is 81.8 cm³/mol. The molecule has 11 nitrogen and oxygen atoms in total. The van der Waals surface area contributed by atoms with Crippen LogP contribution < -0.4 is 5.73 Å². The minimum atomic E-state index is -1.29. The Morgan fingerprint density at radius 1 is 1.50 bits per heavy atom. The van der Waals surface area contributed by atoms with Crippen molar-refractivity contribution < 1.29 is 24.6 Å². The molecule has 0 bridgehead atoms. The number of aromatic nitrogens is 4. The quantitative estimate of drug-likeness (QED) is 0.345. The number of fused-ring (bicyclic) bond motifs is 1. The summed E-state index contributed by atoms with van der Waals surface area (Å²) in [7, 11) is 0. The molecule has 1 saturated heterocycles. The van der Waals surface area contributed by atoms with Gasteiger partial charge >= 0.3 is 11.9 Å². The van der Waals surface area contributed by atoms with E-state index in [0.29, 0.717) is 5.57 Å². The largest absolute Gasteiger partial charge is 0.481 e. The van der Waals surface area contributed by atoms with Gasteiger partial charge in [0.25, 0.3) is 0 Å². The SMILES string of the molecule is NC1C(=O)N2C(C(=O)O)=C(C(CC(=O)O)Sc3nn[nH]n3)CS[C@@H]12. The topological polar surface area (TPSA) is 175 Å². The molecule has 1 aromatic rings. The second kappa shape index (κ2) is 6.41. The normalized spacial score (nSPS) is 24.4. The maximum absolute atomic E-state index is 11.9. The summed E-state index contributed by atoms with van der Waals surface area (Å²) in [6.07, 6.45) is -0.343. The third-order valence-corrected chi connectivity index (χ3v) is 6.01. The number of hydrogen-bond donors (Lipinski definition) is 4. The monoisotopic (exact) mass is 372 g/mol. The number of carbonyl (C=O) groups excluding carboxylic acids is 1. The zero-order valence-electron chi connectivity index (χ0n) is 11.9. The van der Waals surface area contributed by atoms with Gasteiger partial charge in [0.05, 0.1) is 6.42 Å². The van der Waals surface area contributed by atoms with Crippen LogP contribution in [0.15, 0.2) is 16.4 Å². The summed E-state index contributed by atoms with van der Waals surface area (Å²) in [4.78, 5) is 35.9. The zero-order valence-corrected chi connectivity index (χ0v) is 13.6. The van der Waals surface area contributed by atoms with Crippen LogP contribution in [0.4, 0.5) is 0 Å². The van der Waals surface area contributed by atoms with Crippen LogP contribution in [0.1, 0.15) is 6.42 Å². The van der Waals surface area contributed by atoms with Gasteiger partial charge in [-0.2, -0.15) is 5.21 Å². The van der Waals surface area contributed by atoms with Crippen LogP contribution in [0.25, 0.3) is 0 Å². The fraction of sp³-hybridized carbons (Fsp3) is 0.455. The number of nitrogens with one attached hydrogen (secondary N) is 1. The van der Waals surface area contributed by atoms with Crippen molar-refractivity contribution in [2.75, 3.05) is 5.75 Å². The van der Waals surface area contributed by atoms with Crippen LogP contribution in [-0.2, 0) is 14.4 Å². The molecule has 1 amide bonds. The molecule has 13 heteroatoms. The van der Waals surface area contributed by atoms with E-state index in [4.69, 9.17) is 10.8 Å². The van der Waals surface area contributed by atoms with Crippen LogP contribution in [0.3, 0.4) is 0 Å². The molecule has 2 unspecified atom stereocenters. The molecule has 128 valence electrons. The Morgan fingerprint density at radius 2 is 2.25 bits per heavy atom. The van der Waals surface area contributed by atoms with Gasteiger partial charge in [0.1, 0.15) is 17.1 Å². The minimum Gasteiger partial charge on any atom is -0.481 e. The highest BCUT2D eigenvalue weighted by atomic mass is 32.2. The fourth-order valence-corrected chi connectivity index (χ4v) is 4.99. The Bertz CT molecular complexity index is 722. The van der Waals surface area contributed by atoms with Crippen LogP contribution in [0.2, 0.25) is 0 Å². The lowest BCUT2D eigenvalue weighted by atomic mass is 10.0. The molecular formula is C11H12N6O5S2. The molecular weight excluding hydrogens is 360 g/mol. The molecule has 0 aromatic carbocycles. The molecule has 3 heterocycles. The van der Waals surface area contributed by atoms with Crippen molar-refractivity contribution in [3.05, 3.63) is 11.3 Å². The molecule has 1 aromatic heterocycles. The van der Waals surface area contributed by atoms with Crippen molar-refractivity contribution in [3.8, 4) is 0 Å². The molecule has 0 radical (unpaired) electrons. The first-order valence-corrected chi connectivity index (χ1v) is 8.61. The van der Waals surface area contributed by atoms with E-state index in [9.17, 15) is 19.5 Å². The van der Waals surface area contributed by atoms with Gasteiger partial charge < -0.3 is 15.9 Å². The molecule has 3 rings (SSSR count). The maximum atomic E-state index is 11.9. The number of tetrazole rings is 1. The van der Waals surface area contributed by atoms with Gasteiger partial charge in [-0.1, -0.05) is 11.8 Å². The summed E-state index contributed by atoms with van der Waals surface area (Å²) >= 11 is 2.29. The van der Waals surface area contributed by atoms with Gasteiger partial charge in [0.15, 0.2) is 0 Å². The second-order valence-electron chi connectivity index (χ2n) is 5.01. The number of carboxylic acids is 2. The number of nitrogens with two attached hydrogens (primary N) is 1. The molecule has 0 spiro atoms. The molecule has 5 N–H and O–H groups in total. The van der Waals surface area contributed by atoms with Crippen LogP contribution in [0.5, 0.6) is 0 Å². The van der Waals surface area contributed by atoms with E-state index in [1.54, 1.807) is 0 Å². The summed E-state index contributed by atoms with van der Waals surface area (Å²) in [5, 5.41) is 30.8. The number of amides is 1. The summed E-state index contributed by atoms with van der Waals surface area (Å²) in [5.41, 5.74) is 5.82. The van der Waals surface area contributed by atoms with Gasteiger partial charge in [-0.05, 0) is 10.8 Å². The van der Waals surface area contributed by atoms with E-state index >= 15 is 0 Å². The number of carboxylic acid groups (broad SMARTS) is 2. The first-order valence-electron chi connectivity index (χ1n) is 6.68. The van der Waals surface area contributed by atoms with Crippen molar-refractivity contribution in [2.45, 2.75) is 28.2 Å². The van der Waals surface area contributed by atoms with Crippen LogP contribution >= 0.6 is 23.5 Å². The number of aromatic amines is 1. The number of hydrogen-bond acceptors (Lipinski definition) is 9. The van der Waals surface area contributed by atoms with Crippen molar-refractivity contribution >= 4 is 41.4 Å². The molecule has 3 atom stereocenters. The fourth-order valence-electron chi connectivity index (χ4n) is 2.51. The Hall–Kier alpha value is -2.12. The highest BCUT2D eigenvalue weighted by Gasteiger charge is 2.52. The maximum Gasteiger partial charge on any atom is 0.352 e. The number of aliphatic carboxylic acids is 2. The number of rotatable bonds is 6. The smallest absolute Gasteiger partial charge is 0.352 e. The number of β-lactam (4-membered cyclic amide) rings is 1. The molecule has 2 aliphatic heterocycles. The summed E-state index contributed by atoms with van der Waals surface area (Å²) < 4.78 is 0. The highest BCUT2D eigenvalue weighted by molar-refractivity contribution is 8.01. The number of H-pyrrole nitrogens is 1. The molecule has 24 heavy (non-hydrogen) atoms. The highest BCUT2D eigenvalue weighted by Crippen LogP contribution is 2.43. The summed E-state index contributed by atoms with van der Waals surface area (Å²) in [5.74, 6) is -2.63. The standard InChI is InChI=1S/C11H12N6O5S2/c12-6-8(20)17-7(10(21)22)3(2-23-9(6)17)4(1-5(18)19)24-11-13-15-16-14-11/h4,6,9H,1-2,12H2,(H,18,19)(H,21,22)(H,13,14,15,16)/t4?,6?,9-/m0/s1. The van der Waals surface area contributed by atoms with Crippen LogP contribution in [0, 0.1) is 0 Å². The first kappa shape index (κ1) is 16.7. The van der Waals surface area contributed by atoms with Gasteiger partial charge in [-0.15, -0.1) is 22.0 Å². The molecule has 1 fully saturated rings. The van der Waals surface area contributed by atoms with E-state index in [0.717, 1.165) is 16.7 Å². The van der Waals surface area contributed by atoms with Crippen molar-refractivity contribution in [3.63, 3.8) is 0 Å². The average molecular weight is 372 g/mol. The lowest BCUT2D eigenvalue weighted by Crippen LogP contribution is -2.68. The van der Waals surface area contributed by atoms with Gasteiger partial charge in [0, 0.05) is 11.0 Å². The van der Waals surface area contributed by atoms with Crippen LogP contribution in [-0.4, -0.2) is 76.0 Å². The summed E-state index contributed by atoms with van der Waals surface area (Å²) in [6, 6.07) is -0.742. The van der Waals surface area contributed by atoms with Gasteiger partial charge in [-0.25, -0.2) is 4.79 Å². The summed E-state index contributed by atoms with van der Waals surface area (Å²) in [6.45, 7) is 0. The number of carbonyl (C=O) groups is 3. The second-order valence-corrected chi connectivity index (χ2v) is 7.29. The van der Waals surface area contributed by atoms with Crippen molar-refractivity contribution in [1.29, 1.82) is 0 Å². The van der Waals surface area contributed by atoms with Crippen molar-refractivity contribution in [2.24, 2.45) is 5.73 Å². The van der Waals surface area contributed by atoms with Gasteiger partial charge in [-0.3, -0.25) is 14.5 Å². The lowest BCUT2D eigenvalue weighted by Gasteiger charge is -2.48. The first-order chi connectivity index (χ1) is 11.4. The van der Waals surface area contributed by atoms with E-state index < -0.39 is 34.5 Å². The number of nitrogens with zero attached hydrogens (tertiary/aromatic N) is 4. The van der Waals surface area contributed by atoms with E-state index in [2.05, 4.69) is 20.6 Å². The van der Waals surface area contributed by atoms with E-state index in [1.807, 2.05) is 0 Å². The minimum absolute atomic E-state index is 0.192. The lowest BCUT2D eigenvalue weighted by molar-refractivity contribution is -0.148. The Balaban J connectivity index is 1.98. The number of thioether (sulfide) groups is 2. The van der Waals surface area contributed by atoms with E-state index in [-0.39, 0.29) is 23.0 Å².